The summed E-state index contributed by atoms with van der Waals surface area (Å²) in [5.74, 6) is 1.43. The van der Waals surface area contributed by atoms with E-state index >= 15 is 0 Å². The zero-order chi connectivity index (χ0) is 14.3. The number of benzene rings is 1. The van der Waals surface area contributed by atoms with Crippen molar-refractivity contribution in [3.63, 3.8) is 0 Å². The summed E-state index contributed by atoms with van der Waals surface area (Å²) in [7, 11) is -3.33. The largest absolute Gasteiger partial charge is 0.493 e. The van der Waals surface area contributed by atoms with Gasteiger partial charge in [-0.15, -0.1) is 11.6 Å². The average molecular weight is 306 g/mol. The molecule has 1 rings (SSSR count). The molecule has 0 aliphatic heterocycles. The van der Waals surface area contributed by atoms with E-state index in [1.807, 2.05) is 0 Å². The Labute approximate surface area is 120 Å². The maximum atomic E-state index is 11.7. The van der Waals surface area contributed by atoms with Gasteiger partial charge in [0.25, 0.3) is 0 Å². The second-order valence-corrected chi connectivity index (χ2v) is 6.92. The summed E-state index contributed by atoms with van der Waals surface area (Å²) in [5, 5.41) is 0. The molecule has 1 N–H and O–H groups in total. The minimum absolute atomic E-state index is 0.0214. The van der Waals surface area contributed by atoms with Gasteiger partial charge >= 0.3 is 0 Å². The number of ether oxygens (including phenoxy) is 1. The smallest absolute Gasteiger partial charge is 0.232 e. The fourth-order valence-corrected chi connectivity index (χ4v) is 2.79. The van der Waals surface area contributed by atoms with Gasteiger partial charge in [0.05, 0.1) is 18.0 Å². The predicted octanol–water partition coefficient (Wildman–Crippen LogP) is 3.09. The third-order valence-electron chi connectivity index (χ3n) is 2.24. The van der Waals surface area contributed by atoms with Crippen LogP contribution in [0, 0.1) is 5.92 Å². The minimum atomic E-state index is -3.33. The van der Waals surface area contributed by atoms with Gasteiger partial charge in [0, 0.05) is 11.9 Å². The highest BCUT2D eigenvalue weighted by atomic mass is 35.5. The van der Waals surface area contributed by atoms with E-state index < -0.39 is 10.0 Å². The van der Waals surface area contributed by atoms with Crippen LogP contribution in [0.15, 0.2) is 24.3 Å². The van der Waals surface area contributed by atoms with Crippen molar-refractivity contribution in [1.82, 2.24) is 0 Å². The highest BCUT2D eigenvalue weighted by molar-refractivity contribution is 7.92. The third kappa shape index (κ3) is 6.68. The first kappa shape index (κ1) is 16.1. The number of halogens is 1. The van der Waals surface area contributed by atoms with Gasteiger partial charge in [-0.1, -0.05) is 19.9 Å². The van der Waals surface area contributed by atoms with E-state index in [1.165, 1.54) is 0 Å². The van der Waals surface area contributed by atoms with E-state index in [0.29, 0.717) is 36.3 Å². The highest BCUT2D eigenvalue weighted by Gasteiger charge is 2.10. The van der Waals surface area contributed by atoms with Gasteiger partial charge in [-0.3, -0.25) is 4.72 Å². The standard InChI is InChI=1S/C13H20ClNO3S/c1-11(2)10-18-13-6-3-5-12(9-13)15-19(16,17)8-4-7-14/h3,5-6,9,11,15H,4,7-8,10H2,1-2H3. The Balaban J connectivity index is 2.66. The van der Waals surface area contributed by atoms with Crippen molar-refractivity contribution in [2.24, 2.45) is 5.92 Å². The van der Waals surface area contributed by atoms with Gasteiger partial charge in [0.1, 0.15) is 5.75 Å². The van der Waals surface area contributed by atoms with E-state index in [9.17, 15) is 8.42 Å². The van der Waals surface area contributed by atoms with Crippen molar-refractivity contribution in [2.45, 2.75) is 20.3 Å². The molecule has 0 aliphatic rings. The molecule has 0 radical (unpaired) electrons. The van der Waals surface area contributed by atoms with Crippen molar-refractivity contribution in [3.05, 3.63) is 24.3 Å². The molecule has 0 saturated heterocycles. The maximum Gasteiger partial charge on any atom is 0.232 e. The van der Waals surface area contributed by atoms with E-state index in [2.05, 4.69) is 18.6 Å². The maximum absolute atomic E-state index is 11.7. The van der Waals surface area contributed by atoms with E-state index in [1.54, 1.807) is 24.3 Å². The fraction of sp³-hybridized carbons (Fsp3) is 0.538. The molecule has 0 aromatic heterocycles. The van der Waals surface area contributed by atoms with Gasteiger partial charge < -0.3 is 4.74 Å². The zero-order valence-electron chi connectivity index (χ0n) is 11.2. The molecule has 4 nitrogen and oxygen atoms in total. The Morgan fingerprint density at radius 2 is 2.11 bits per heavy atom. The van der Waals surface area contributed by atoms with E-state index in [4.69, 9.17) is 16.3 Å². The summed E-state index contributed by atoms with van der Waals surface area (Å²) in [5.41, 5.74) is 0.510. The number of hydrogen-bond donors (Lipinski definition) is 1. The summed E-state index contributed by atoms with van der Waals surface area (Å²) in [6, 6.07) is 6.94. The number of alkyl halides is 1. The quantitative estimate of drug-likeness (QED) is 0.751. The lowest BCUT2D eigenvalue weighted by Crippen LogP contribution is -2.17. The molecule has 1 aromatic carbocycles. The Kier molecular flexibility index (Phi) is 6.45. The first-order chi connectivity index (χ1) is 8.93. The van der Waals surface area contributed by atoms with Crippen LogP contribution in [0.3, 0.4) is 0 Å². The second-order valence-electron chi connectivity index (χ2n) is 4.70. The number of nitrogens with one attached hydrogen (secondary N) is 1. The van der Waals surface area contributed by atoms with Crippen molar-refractivity contribution in [3.8, 4) is 5.75 Å². The normalized spacial score (nSPS) is 11.6. The van der Waals surface area contributed by atoms with Crippen molar-refractivity contribution >= 4 is 27.3 Å². The van der Waals surface area contributed by atoms with Crippen LogP contribution in [-0.4, -0.2) is 26.7 Å². The van der Waals surface area contributed by atoms with E-state index in [0.717, 1.165) is 0 Å². The average Bonchev–Trinajstić information content (AvgIpc) is 2.34. The Hall–Kier alpha value is -0.940. The number of sulfonamides is 1. The molecule has 0 heterocycles. The molecule has 0 saturated carbocycles. The minimum Gasteiger partial charge on any atom is -0.493 e. The lowest BCUT2D eigenvalue weighted by Gasteiger charge is -2.11. The molecule has 6 heteroatoms. The molecule has 0 spiro atoms. The van der Waals surface area contributed by atoms with Crippen molar-refractivity contribution < 1.29 is 13.2 Å². The highest BCUT2D eigenvalue weighted by Crippen LogP contribution is 2.19. The Bertz CT molecular complexity index is 488. The fourth-order valence-electron chi connectivity index (χ4n) is 1.39. The van der Waals surface area contributed by atoms with Crippen LogP contribution in [0.25, 0.3) is 0 Å². The molecule has 0 aliphatic carbocycles. The number of rotatable bonds is 8. The van der Waals surface area contributed by atoms with Crippen LogP contribution in [0.4, 0.5) is 5.69 Å². The molecule has 0 bridgehead atoms. The topological polar surface area (TPSA) is 55.4 Å². The first-order valence-electron chi connectivity index (χ1n) is 6.22. The lowest BCUT2D eigenvalue weighted by molar-refractivity contribution is 0.271. The van der Waals surface area contributed by atoms with E-state index in [-0.39, 0.29) is 5.75 Å². The van der Waals surface area contributed by atoms with Crippen molar-refractivity contribution in [1.29, 1.82) is 0 Å². The third-order valence-corrected chi connectivity index (χ3v) is 3.88. The molecule has 0 fully saturated rings. The number of hydrogen-bond acceptors (Lipinski definition) is 3. The lowest BCUT2D eigenvalue weighted by atomic mass is 10.2. The molecule has 108 valence electrons. The zero-order valence-corrected chi connectivity index (χ0v) is 12.8. The molecule has 19 heavy (non-hydrogen) atoms. The van der Waals surface area contributed by atoms with Crippen LogP contribution < -0.4 is 9.46 Å². The van der Waals surface area contributed by atoms with Crippen LogP contribution in [-0.2, 0) is 10.0 Å². The monoisotopic (exact) mass is 305 g/mol. The summed E-state index contributed by atoms with van der Waals surface area (Å²) >= 11 is 5.49. The van der Waals surface area contributed by atoms with Gasteiger partial charge in [0.15, 0.2) is 0 Å². The summed E-state index contributed by atoms with van der Waals surface area (Å²) in [6.45, 7) is 4.71. The van der Waals surface area contributed by atoms with Crippen LogP contribution in [0.5, 0.6) is 5.75 Å². The predicted molar refractivity (Wildman–Crippen MR) is 79.5 cm³/mol. The van der Waals surface area contributed by atoms with Crippen molar-refractivity contribution in [2.75, 3.05) is 23.0 Å². The first-order valence-corrected chi connectivity index (χ1v) is 8.41. The summed E-state index contributed by atoms with van der Waals surface area (Å²) in [6.07, 6.45) is 0.431. The van der Waals surface area contributed by atoms with Crippen LogP contribution in [0.1, 0.15) is 20.3 Å². The van der Waals surface area contributed by atoms with Gasteiger partial charge in [-0.2, -0.15) is 0 Å². The summed E-state index contributed by atoms with van der Waals surface area (Å²) in [4.78, 5) is 0. The molecule has 0 unspecified atom stereocenters. The second kappa shape index (κ2) is 7.60. The molecule has 0 amide bonds. The molecule has 1 aromatic rings. The van der Waals surface area contributed by atoms with Gasteiger partial charge in [-0.05, 0) is 24.5 Å². The van der Waals surface area contributed by atoms with Crippen LogP contribution in [0.2, 0.25) is 0 Å². The van der Waals surface area contributed by atoms with Gasteiger partial charge in [-0.25, -0.2) is 8.42 Å². The Morgan fingerprint density at radius 1 is 1.37 bits per heavy atom. The molecular formula is C13H20ClNO3S. The SMILES string of the molecule is CC(C)COc1cccc(NS(=O)(=O)CCCCl)c1. The summed E-state index contributed by atoms with van der Waals surface area (Å²) < 4.78 is 31.5. The van der Waals surface area contributed by atoms with Gasteiger partial charge in [0.2, 0.25) is 10.0 Å². The number of anilines is 1. The molecule has 0 atom stereocenters. The van der Waals surface area contributed by atoms with Crippen LogP contribution >= 0.6 is 11.6 Å². The molecular weight excluding hydrogens is 286 g/mol. The Morgan fingerprint density at radius 3 is 2.74 bits per heavy atom.